The summed E-state index contributed by atoms with van der Waals surface area (Å²) >= 11 is 1.31. The van der Waals surface area contributed by atoms with Gasteiger partial charge < -0.3 is 9.47 Å². The van der Waals surface area contributed by atoms with Crippen molar-refractivity contribution in [1.82, 2.24) is 9.88 Å². The number of ether oxygens (including phenoxy) is 2. The van der Waals surface area contributed by atoms with Crippen LogP contribution < -0.4 is 9.64 Å². The van der Waals surface area contributed by atoms with Crippen molar-refractivity contribution in [2.45, 2.75) is 6.92 Å². The zero-order valence-electron chi connectivity index (χ0n) is 16.8. The van der Waals surface area contributed by atoms with E-state index in [1.54, 1.807) is 11.0 Å². The van der Waals surface area contributed by atoms with E-state index in [1.807, 2.05) is 31.2 Å². The summed E-state index contributed by atoms with van der Waals surface area (Å²) in [6.07, 6.45) is 0. The molecule has 0 spiro atoms. The Morgan fingerprint density at radius 1 is 1.23 bits per heavy atom. The van der Waals surface area contributed by atoms with Crippen LogP contribution in [0.1, 0.15) is 5.56 Å². The number of aromatic nitrogens is 1. The summed E-state index contributed by atoms with van der Waals surface area (Å²) in [7, 11) is 0. The number of benzene rings is 2. The molecule has 1 aromatic heterocycles. The minimum absolute atomic E-state index is 0.0868. The van der Waals surface area contributed by atoms with Crippen LogP contribution in [0.25, 0.3) is 10.2 Å². The van der Waals surface area contributed by atoms with Gasteiger partial charge in [-0.05, 0) is 37.3 Å². The van der Waals surface area contributed by atoms with Crippen molar-refractivity contribution < 1.29 is 18.7 Å². The highest BCUT2D eigenvalue weighted by Crippen LogP contribution is 2.29. The first-order valence-corrected chi connectivity index (χ1v) is 10.8. The average molecular weight is 430 g/mol. The van der Waals surface area contributed by atoms with Crippen molar-refractivity contribution in [3.05, 3.63) is 53.8 Å². The van der Waals surface area contributed by atoms with E-state index in [9.17, 15) is 9.18 Å². The molecular weight excluding hydrogens is 405 g/mol. The highest BCUT2D eigenvalue weighted by Gasteiger charge is 2.22. The minimum Gasteiger partial charge on any atom is -0.484 e. The molecule has 1 fully saturated rings. The Labute approximate surface area is 178 Å². The van der Waals surface area contributed by atoms with E-state index in [2.05, 4.69) is 9.88 Å². The molecule has 0 aliphatic carbocycles. The van der Waals surface area contributed by atoms with E-state index in [1.165, 1.54) is 23.5 Å². The minimum atomic E-state index is -0.313. The summed E-state index contributed by atoms with van der Waals surface area (Å²) in [4.78, 5) is 21.5. The van der Waals surface area contributed by atoms with Crippen molar-refractivity contribution in [2.24, 2.45) is 0 Å². The number of carbonyl (C=O) groups is 1. The smallest absolute Gasteiger partial charge is 0.266 e. The van der Waals surface area contributed by atoms with Crippen LogP contribution in [0.15, 0.2) is 42.5 Å². The van der Waals surface area contributed by atoms with Crippen LogP contribution in [0.4, 0.5) is 9.52 Å². The van der Waals surface area contributed by atoms with Gasteiger partial charge in [0.05, 0.1) is 23.4 Å². The molecule has 0 unspecified atom stereocenters. The second kappa shape index (κ2) is 9.51. The number of morpholine rings is 1. The Bertz CT molecular complexity index is 1000. The Morgan fingerprint density at radius 2 is 2.00 bits per heavy atom. The number of amides is 1. The first kappa shape index (κ1) is 20.7. The maximum atomic E-state index is 13.6. The first-order valence-electron chi connectivity index (χ1n) is 9.94. The summed E-state index contributed by atoms with van der Waals surface area (Å²) in [6.45, 7) is 6.19. The maximum Gasteiger partial charge on any atom is 0.266 e. The predicted molar refractivity (Wildman–Crippen MR) is 116 cm³/mol. The van der Waals surface area contributed by atoms with E-state index in [0.717, 1.165) is 18.7 Å². The molecule has 0 bridgehead atoms. The first-order chi connectivity index (χ1) is 14.6. The van der Waals surface area contributed by atoms with Crippen molar-refractivity contribution in [3.63, 3.8) is 0 Å². The standard InChI is InChI=1S/C22H24FN3O3S/c1-16-2-5-18(6-3-16)29-15-21(27)26(9-8-25-10-12-28-13-11-25)22-24-19-7-4-17(23)14-20(19)30-22/h2-7,14H,8-13,15H2,1H3. The Balaban J connectivity index is 1.50. The van der Waals surface area contributed by atoms with E-state index >= 15 is 0 Å². The Morgan fingerprint density at radius 3 is 2.77 bits per heavy atom. The van der Waals surface area contributed by atoms with Gasteiger partial charge in [0.1, 0.15) is 11.6 Å². The number of thiazole rings is 1. The summed E-state index contributed by atoms with van der Waals surface area (Å²) in [5.74, 6) is 0.156. The Hall–Kier alpha value is -2.55. The lowest BCUT2D eigenvalue weighted by Crippen LogP contribution is -2.44. The van der Waals surface area contributed by atoms with E-state index < -0.39 is 0 Å². The molecule has 8 heteroatoms. The second-order valence-corrected chi connectivity index (χ2v) is 8.22. The van der Waals surface area contributed by atoms with Gasteiger partial charge in [-0.2, -0.15) is 0 Å². The molecular formula is C22H24FN3O3S. The monoisotopic (exact) mass is 429 g/mol. The molecule has 158 valence electrons. The van der Waals surface area contributed by atoms with E-state index in [4.69, 9.17) is 9.47 Å². The molecule has 6 nitrogen and oxygen atoms in total. The maximum absolute atomic E-state index is 13.6. The van der Waals surface area contributed by atoms with Crippen LogP contribution in [0.3, 0.4) is 0 Å². The third-order valence-corrected chi connectivity index (χ3v) is 6.04. The lowest BCUT2D eigenvalue weighted by atomic mass is 10.2. The number of carbonyl (C=O) groups excluding carboxylic acids is 1. The van der Waals surface area contributed by atoms with Crippen LogP contribution in [0.5, 0.6) is 5.75 Å². The van der Waals surface area contributed by atoms with Gasteiger partial charge in [0.15, 0.2) is 11.7 Å². The molecule has 1 amide bonds. The third kappa shape index (κ3) is 5.13. The summed E-state index contributed by atoms with van der Waals surface area (Å²) in [6, 6.07) is 12.0. The second-order valence-electron chi connectivity index (χ2n) is 7.21. The molecule has 1 saturated heterocycles. The van der Waals surface area contributed by atoms with Gasteiger partial charge in [0.25, 0.3) is 5.91 Å². The Kier molecular flexibility index (Phi) is 6.56. The average Bonchev–Trinajstić information content (AvgIpc) is 3.17. The number of fused-ring (bicyclic) bond motifs is 1. The lowest BCUT2D eigenvalue weighted by Gasteiger charge is -2.29. The summed E-state index contributed by atoms with van der Waals surface area (Å²) in [5, 5.41) is 0.557. The molecule has 2 heterocycles. The SMILES string of the molecule is Cc1ccc(OCC(=O)N(CCN2CCOCC2)c2nc3ccc(F)cc3s2)cc1. The van der Waals surface area contributed by atoms with Crippen LogP contribution in [0.2, 0.25) is 0 Å². The summed E-state index contributed by atoms with van der Waals surface area (Å²) in [5.41, 5.74) is 1.81. The van der Waals surface area contributed by atoms with Crippen molar-refractivity contribution in [3.8, 4) is 5.75 Å². The van der Waals surface area contributed by atoms with Gasteiger partial charge in [-0.15, -0.1) is 0 Å². The fourth-order valence-electron chi connectivity index (χ4n) is 3.25. The fourth-order valence-corrected chi connectivity index (χ4v) is 4.29. The van der Waals surface area contributed by atoms with Crippen LogP contribution >= 0.6 is 11.3 Å². The molecule has 0 N–H and O–H groups in total. The molecule has 1 aliphatic rings. The lowest BCUT2D eigenvalue weighted by molar-refractivity contribution is -0.120. The molecule has 30 heavy (non-hydrogen) atoms. The van der Waals surface area contributed by atoms with Gasteiger partial charge in [-0.3, -0.25) is 14.6 Å². The number of nitrogens with zero attached hydrogens (tertiary/aromatic N) is 3. The number of halogens is 1. The van der Waals surface area contributed by atoms with Crippen LogP contribution in [0, 0.1) is 12.7 Å². The zero-order valence-corrected chi connectivity index (χ0v) is 17.7. The van der Waals surface area contributed by atoms with Crippen molar-refractivity contribution in [1.29, 1.82) is 0 Å². The topological polar surface area (TPSA) is 54.9 Å². The quantitative estimate of drug-likeness (QED) is 0.576. The van der Waals surface area contributed by atoms with Gasteiger partial charge >= 0.3 is 0 Å². The molecule has 0 atom stereocenters. The van der Waals surface area contributed by atoms with Gasteiger partial charge in [0, 0.05) is 26.2 Å². The van der Waals surface area contributed by atoms with Crippen molar-refractivity contribution in [2.75, 3.05) is 50.9 Å². The molecule has 0 saturated carbocycles. The highest BCUT2D eigenvalue weighted by molar-refractivity contribution is 7.22. The number of anilines is 1. The predicted octanol–water partition coefficient (Wildman–Crippen LogP) is 3.49. The molecule has 0 radical (unpaired) electrons. The third-order valence-electron chi connectivity index (χ3n) is 5.00. The van der Waals surface area contributed by atoms with Crippen LogP contribution in [-0.2, 0) is 9.53 Å². The largest absolute Gasteiger partial charge is 0.484 e. The number of rotatable bonds is 7. The zero-order chi connectivity index (χ0) is 20.9. The molecule has 4 rings (SSSR count). The normalized spacial score (nSPS) is 14.7. The summed E-state index contributed by atoms with van der Waals surface area (Å²) < 4.78 is 25.4. The van der Waals surface area contributed by atoms with Gasteiger partial charge in [0.2, 0.25) is 0 Å². The highest BCUT2D eigenvalue weighted by atomic mass is 32.1. The van der Waals surface area contributed by atoms with Crippen molar-refractivity contribution >= 4 is 32.6 Å². The van der Waals surface area contributed by atoms with Gasteiger partial charge in [-0.1, -0.05) is 29.0 Å². The number of aryl methyl sites for hydroxylation is 1. The van der Waals surface area contributed by atoms with Gasteiger partial charge in [-0.25, -0.2) is 9.37 Å². The fraction of sp³-hybridized carbons (Fsp3) is 0.364. The number of hydrogen-bond acceptors (Lipinski definition) is 6. The number of hydrogen-bond donors (Lipinski definition) is 0. The molecule has 3 aromatic rings. The van der Waals surface area contributed by atoms with E-state index in [0.29, 0.717) is 47.4 Å². The molecule has 1 aliphatic heterocycles. The molecule has 2 aromatic carbocycles. The van der Waals surface area contributed by atoms with E-state index in [-0.39, 0.29) is 18.3 Å². The van der Waals surface area contributed by atoms with Crippen LogP contribution in [-0.4, -0.2) is 61.8 Å².